The van der Waals surface area contributed by atoms with Gasteiger partial charge in [0.15, 0.2) is 0 Å². The van der Waals surface area contributed by atoms with E-state index in [0.29, 0.717) is 18.8 Å². The number of sulfonamides is 1. The Balaban J connectivity index is 3.34. The largest absolute Gasteiger partial charge is 0.495 e. The molecule has 0 saturated heterocycles. The fourth-order valence-electron chi connectivity index (χ4n) is 2.12. The van der Waals surface area contributed by atoms with Gasteiger partial charge in [-0.2, -0.15) is 4.31 Å². The van der Waals surface area contributed by atoms with Crippen molar-refractivity contribution in [2.24, 2.45) is 11.7 Å². The molecular formula is C15H26N2O3S. The van der Waals surface area contributed by atoms with Gasteiger partial charge in [0.1, 0.15) is 10.6 Å². The van der Waals surface area contributed by atoms with E-state index in [9.17, 15) is 8.42 Å². The standard InChI is InChI=1S/C15H26N2O3S/c1-11(2)10-17(12(3)4)21(18,19)15-7-6-13(9-16)8-14(15)20-5/h6-8,11-12H,9-10,16H2,1-5H3. The van der Waals surface area contributed by atoms with Crippen LogP contribution in [0.3, 0.4) is 0 Å². The first-order valence-electron chi connectivity index (χ1n) is 7.12. The van der Waals surface area contributed by atoms with Gasteiger partial charge in [-0.25, -0.2) is 8.42 Å². The lowest BCUT2D eigenvalue weighted by Crippen LogP contribution is -2.39. The van der Waals surface area contributed by atoms with Gasteiger partial charge in [-0.05, 0) is 37.5 Å². The van der Waals surface area contributed by atoms with E-state index in [1.165, 1.54) is 11.4 Å². The molecule has 0 aliphatic rings. The molecule has 1 aromatic rings. The van der Waals surface area contributed by atoms with E-state index in [2.05, 4.69) is 0 Å². The summed E-state index contributed by atoms with van der Waals surface area (Å²) in [6.07, 6.45) is 0. The Kier molecular flexibility index (Phi) is 6.19. The van der Waals surface area contributed by atoms with Crippen molar-refractivity contribution in [1.29, 1.82) is 0 Å². The van der Waals surface area contributed by atoms with Crippen LogP contribution in [0.25, 0.3) is 0 Å². The second kappa shape index (κ2) is 7.24. The quantitative estimate of drug-likeness (QED) is 0.837. The molecule has 21 heavy (non-hydrogen) atoms. The molecule has 0 radical (unpaired) electrons. The first kappa shape index (κ1) is 17.9. The van der Waals surface area contributed by atoms with Gasteiger partial charge in [-0.1, -0.05) is 19.9 Å². The molecule has 0 spiro atoms. The minimum atomic E-state index is -3.60. The summed E-state index contributed by atoms with van der Waals surface area (Å²) >= 11 is 0. The number of nitrogens with two attached hydrogens (primary N) is 1. The molecule has 5 nitrogen and oxygen atoms in total. The van der Waals surface area contributed by atoms with Crippen molar-refractivity contribution in [3.63, 3.8) is 0 Å². The van der Waals surface area contributed by atoms with E-state index in [1.54, 1.807) is 18.2 Å². The Bertz CT molecular complexity index is 568. The molecular weight excluding hydrogens is 288 g/mol. The highest BCUT2D eigenvalue weighted by molar-refractivity contribution is 7.89. The summed E-state index contributed by atoms with van der Waals surface area (Å²) in [6.45, 7) is 8.57. The molecule has 2 N–H and O–H groups in total. The van der Waals surface area contributed by atoms with Crippen molar-refractivity contribution >= 4 is 10.0 Å². The van der Waals surface area contributed by atoms with Crippen molar-refractivity contribution in [3.05, 3.63) is 23.8 Å². The maximum atomic E-state index is 12.9. The molecule has 6 heteroatoms. The van der Waals surface area contributed by atoms with Crippen molar-refractivity contribution in [2.45, 2.75) is 45.2 Å². The van der Waals surface area contributed by atoms with E-state index in [-0.39, 0.29) is 16.9 Å². The van der Waals surface area contributed by atoms with Crippen molar-refractivity contribution in [3.8, 4) is 5.75 Å². The minimum absolute atomic E-state index is 0.115. The first-order chi connectivity index (χ1) is 9.73. The van der Waals surface area contributed by atoms with E-state index in [1.807, 2.05) is 27.7 Å². The summed E-state index contributed by atoms with van der Waals surface area (Å²) in [5, 5.41) is 0. The highest BCUT2D eigenvalue weighted by Crippen LogP contribution is 2.29. The van der Waals surface area contributed by atoms with Crippen LogP contribution in [0.5, 0.6) is 5.75 Å². The summed E-state index contributed by atoms with van der Waals surface area (Å²) in [5.74, 6) is 0.587. The third kappa shape index (κ3) is 4.18. The van der Waals surface area contributed by atoms with Crippen molar-refractivity contribution in [1.82, 2.24) is 4.31 Å². The average molecular weight is 314 g/mol. The molecule has 0 fully saturated rings. The Morgan fingerprint density at radius 1 is 1.24 bits per heavy atom. The zero-order valence-electron chi connectivity index (χ0n) is 13.5. The van der Waals surface area contributed by atoms with Gasteiger partial charge >= 0.3 is 0 Å². The number of hydrogen-bond donors (Lipinski definition) is 1. The maximum Gasteiger partial charge on any atom is 0.246 e. The average Bonchev–Trinajstić information content (AvgIpc) is 2.43. The molecule has 0 saturated carbocycles. The summed E-state index contributed by atoms with van der Waals surface area (Å²) in [7, 11) is -2.13. The highest BCUT2D eigenvalue weighted by Gasteiger charge is 2.30. The molecule has 0 amide bonds. The van der Waals surface area contributed by atoms with Crippen LogP contribution < -0.4 is 10.5 Å². The summed E-state index contributed by atoms with van der Waals surface area (Å²) in [5.41, 5.74) is 6.43. The number of rotatable bonds is 7. The van der Waals surface area contributed by atoms with E-state index < -0.39 is 10.0 Å². The van der Waals surface area contributed by atoms with E-state index in [0.717, 1.165) is 5.56 Å². The Labute approximate surface area is 128 Å². The summed E-state index contributed by atoms with van der Waals surface area (Å²) in [6, 6.07) is 4.87. The molecule has 120 valence electrons. The third-order valence-electron chi connectivity index (χ3n) is 3.17. The van der Waals surface area contributed by atoms with Gasteiger partial charge in [0, 0.05) is 19.1 Å². The van der Waals surface area contributed by atoms with Gasteiger partial charge in [0.25, 0.3) is 0 Å². The molecule has 0 aromatic heterocycles. The molecule has 1 rings (SSSR count). The fourth-order valence-corrected chi connectivity index (χ4v) is 4.06. The Hall–Kier alpha value is -1.11. The van der Waals surface area contributed by atoms with Crippen LogP contribution in [0.1, 0.15) is 33.3 Å². The Morgan fingerprint density at radius 3 is 2.29 bits per heavy atom. The normalized spacial score (nSPS) is 12.4. The lowest BCUT2D eigenvalue weighted by molar-refractivity contribution is 0.316. The zero-order chi connectivity index (χ0) is 16.2. The topological polar surface area (TPSA) is 72.6 Å². The maximum absolute atomic E-state index is 12.9. The SMILES string of the molecule is COc1cc(CN)ccc1S(=O)(=O)N(CC(C)C)C(C)C. The van der Waals surface area contributed by atoms with E-state index >= 15 is 0 Å². The number of benzene rings is 1. The van der Waals surface area contributed by atoms with Crippen LogP contribution in [0, 0.1) is 5.92 Å². The molecule has 0 aliphatic carbocycles. The number of nitrogens with zero attached hydrogens (tertiary/aromatic N) is 1. The van der Waals surface area contributed by atoms with Crippen molar-refractivity contribution in [2.75, 3.05) is 13.7 Å². The highest BCUT2D eigenvalue weighted by atomic mass is 32.2. The van der Waals surface area contributed by atoms with Crippen LogP contribution in [-0.2, 0) is 16.6 Å². The smallest absolute Gasteiger partial charge is 0.246 e. The van der Waals surface area contributed by atoms with Crippen LogP contribution in [0.15, 0.2) is 23.1 Å². The zero-order valence-corrected chi connectivity index (χ0v) is 14.3. The third-order valence-corrected chi connectivity index (χ3v) is 5.25. The predicted molar refractivity (Wildman–Crippen MR) is 84.8 cm³/mol. The van der Waals surface area contributed by atoms with Crippen LogP contribution in [-0.4, -0.2) is 32.4 Å². The molecule has 1 aromatic carbocycles. The van der Waals surface area contributed by atoms with Crippen LogP contribution in [0.2, 0.25) is 0 Å². The number of hydrogen-bond acceptors (Lipinski definition) is 4. The van der Waals surface area contributed by atoms with Gasteiger partial charge in [0.05, 0.1) is 7.11 Å². The lowest BCUT2D eigenvalue weighted by Gasteiger charge is -2.28. The van der Waals surface area contributed by atoms with Gasteiger partial charge in [0.2, 0.25) is 10.0 Å². The molecule has 0 bridgehead atoms. The second-order valence-electron chi connectivity index (χ2n) is 5.75. The molecule has 0 atom stereocenters. The Morgan fingerprint density at radius 2 is 1.86 bits per heavy atom. The molecule has 0 aliphatic heterocycles. The fraction of sp³-hybridized carbons (Fsp3) is 0.600. The summed E-state index contributed by atoms with van der Waals surface area (Å²) in [4.78, 5) is 0.191. The van der Waals surface area contributed by atoms with Crippen LogP contribution >= 0.6 is 0 Å². The minimum Gasteiger partial charge on any atom is -0.495 e. The summed E-state index contributed by atoms with van der Waals surface area (Å²) < 4.78 is 32.6. The predicted octanol–water partition coefficient (Wildman–Crippen LogP) is 2.21. The van der Waals surface area contributed by atoms with Gasteiger partial charge in [-0.3, -0.25) is 0 Å². The van der Waals surface area contributed by atoms with Gasteiger partial charge < -0.3 is 10.5 Å². The molecule has 0 unspecified atom stereocenters. The molecule has 0 heterocycles. The van der Waals surface area contributed by atoms with Crippen molar-refractivity contribution < 1.29 is 13.2 Å². The second-order valence-corrected chi connectivity index (χ2v) is 7.61. The van der Waals surface area contributed by atoms with E-state index in [4.69, 9.17) is 10.5 Å². The lowest BCUT2D eigenvalue weighted by atomic mass is 10.2. The number of ether oxygens (including phenoxy) is 1. The monoisotopic (exact) mass is 314 g/mol. The number of methoxy groups -OCH3 is 1. The van der Waals surface area contributed by atoms with Gasteiger partial charge in [-0.15, -0.1) is 0 Å². The van der Waals surface area contributed by atoms with Crippen LogP contribution in [0.4, 0.5) is 0 Å². The first-order valence-corrected chi connectivity index (χ1v) is 8.56.